The molecule has 0 bridgehead atoms. The van der Waals surface area contributed by atoms with Gasteiger partial charge in [0.1, 0.15) is 0 Å². The van der Waals surface area contributed by atoms with Crippen molar-refractivity contribution in [1.29, 1.82) is 0 Å². The number of hydrogen-bond acceptors (Lipinski definition) is 6. The maximum Gasteiger partial charge on any atom is 0.230 e. The molecule has 1 heterocycles. The first-order valence-corrected chi connectivity index (χ1v) is 6.38. The molecule has 0 saturated heterocycles. The molecule has 0 saturated carbocycles. The van der Waals surface area contributed by atoms with E-state index in [9.17, 15) is 4.79 Å². The molecule has 1 amide bonds. The van der Waals surface area contributed by atoms with E-state index in [1.54, 1.807) is 0 Å². The molecule has 84 valence electrons. The molecule has 0 aliphatic rings. The van der Waals surface area contributed by atoms with Crippen LogP contribution in [0.2, 0.25) is 0 Å². The van der Waals surface area contributed by atoms with Crippen molar-refractivity contribution in [2.45, 2.75) is 35.8 Å². The van der Waals surface area contributed by atoms with Crippen LogP contribution in [0.15, 0.2) is 4.34 Å². The fourth-order valence-electron chi connectivity index (χ4n) is 1.04. The summed E-state index contributed by atoms with van der Waals surface area (Å²) < 4.78 is 0.701. The number of nitrogens with two attached hydrogens (primary N) is 2. The van der Waals surface area contributed by atoms with Crippen molar-refractivity contribution in [3.63, 3.8) is 0 Å². The van der Waals surface area contributed by atoms with Gasteiger partial charge in [0.2, 0.25) is 11.0 Å². The van der Waals surface area contributed by atoms with Crippen LogP contribution in [0.3, 0.4) is 0 Å². The van der Waals surface area contributed by atoms with Gasteiger partial charge in [0, 0.05) is 0 Å². The fourth-order valence-corrected chi connectivity index (χ4v) is 2.91. The Balaban J connectivity index is 2.54. The van der Waals surface area contributed by atoms with Crippen molar-refractivity contribution >= 4 is 34.1 Å². The third-order valence-corrected chi connectivity index (χ3v) is 3.92. The summed E-state index contributed by atoms with van der Waals surface area (Å²) in [6.45, 7) is 2.08. The maximum atomic E-state index is 11.1. The van der Waals surface area contributed by atoms with E-state index in [0.717, 1.165) is 19.3 Å². The number of hydrogen-bond donors (Lipinski definition) is 2. The van der Waals surface area contributed by atoms with E-state index in [2.05, 4.69) is 17.1 Å². The molecule has 0 radical (unpaired) electrons. The summed E-state index contributed by atoms with van der Waals surface area (Å²) in [6, 6.07) is 0. The molecule has 4 N–H and O–H groups in total. The Labute approximate surface area is 96.6 Å². The van der Waals surface area contributed by atoms with Gasteiger partial charge in [0.25, 0.3) is 0 Å². The van der Waals surface area contributed by atoms with Crippen molar-refractivity contribution in [3.05, 3.63) is 0 Å². The van der Waals surface area contributed by atoms with Crippen LogP contribution in [-0.2, 0) is 4.79 Å². The molecular formula is C8H14N4OS2. The van der Waals surface area contributed by atoms with Crippen LogP contribution >= 0.6 is 23.1 Å². The largest absolute Gasteiger partial charge is 0.374 e. The molecule has 1 rings (SSSR count). The van der Waals surface area contributed by atoms with E-state index in [-0.39, 0.29) is 11.2 Å². The van der Waals surface area contributed by atoms with Crippen molar-refractivity contribution in [1.82, 2.24) is 10.2 Å². The van der Waals surface area contributed by atoms with Crippen LogP contribution in [0.4, 0.5) is 5.13 Å². The number of amides is 1. The van der Waals surface area contributed by atoms with Crippen LogP contribution in [0.25, 0.3) is 0 Å². The predicted octanol–water partition coefficient (Wildman–Crippen LogP) is 1.26. The highest BCUT2D eigenvalue weighted by Gasteiger charge is 2.18. The Morgan fingerprint density at radius 2 is 2.33 bits per heavy atom. The zero-order chi connectivity index (χ0) is 11.3. The number of rotatable bonds is 6. The van der Waals surface area contributed by atoms with Crippen LogP contribution in [-0.4, -0.2) is 21.4 Å². The lowest BCUT2D eigenvalue weighted by Gasteiger charge is -2.09. The van der Waals surface area contributed by atoms with Gasteiger partial charge in [0.05, 0.1) is 5.25 Å². The molecule has 15 heavy (non-hydrogen) atoms. The normalized spacial score (nSPS) is 12.6. The van der Waals surface area contributed by atoms with Crippen molar-refractivity contribution in [2.24, 2.45) is 5.73 Å². The summed E-state index contributed by atoms with van der Waals surface area (Å²) in [6.07, 6.45) is 2.80. The van der Waals surface area contributed by atoms with E-state index in [0.29, 0.717) is 9.47 Å². The van der Waals surface area contributed by atoms with Crippen LogP contribution in [0.5, 0.6) is 0 Å². The predicted molar refractivity (Wildman–Crippen MR) is 62.7 cm³/mol. The lowest BCUT2D eigenvalue weighted by Crippen LogP contribution is -2.25. The number of carbonyl (C=O) groups is 1. The van der Waals surface area contributed by atoms with Gasteiger partial charge in [-0.25, -0.2) is 0 Å². The molecule has 0 fully saturated rings. The standard InChI is InChI=1S/C8H14N4OS2/c1-2-3-4-5(6(9)13)14-8-12-11-7(10)15-8/h5H,2-4H2,1H3,(H2,9,13)(H2,10,11)/t5-/m1/s1. The second kappa shape index (κ2) is 5.92. The average molecular weight is 246 g/mol. The second-order valence-corrected chi connectivity index (χ2v) is 5.52. The van der Waals surface area contributed by atoms with E-state index in [1.165, 1.54) is 23.1 Å². The molecular weight excluding hydrogens is 232 g/mol. The van der Waals surface area contributed by atoms with Crippen LogP contribution in [0, 0.1) is 0 Å². The lowest BCUT2D eigenvalue weighted by atomic mass is 10.2. The summed E-state index contributed by atoms with van der Waals surface area (Å²) in [5, 5.41) is 7.72. The lowest BCUT2D eigenvalue weighted by molar-refractivity contribution is -0.117. The van der Waals surface area contributed by atoms with Gasteiger partial charge < -0.3 is 11.5 Å². The molecule has 0 aliphatic heterocycles. The second-order valence-electron chi connectivity index (χ2n) is 3.06. The smallest absolute Gasteiger partial charge is 0.230 e. The summed E-state index contributed by atoms with van der Waals surface area (Å²) in [7, 11) is 0. The quantitative estimate of drug-likeness (QED) is 0.737. The summed E-state index contributed by atoms with van der Waals surface area (Å²) in [5.74, 6) is -0.303. The highest BCUT2D eigenvalue weighted by molar-refractivity contribution is 8.02. The van der Waals surface area contributed by atoms with E-state index in [1.807, 2.05) is 0 Å². The number of carbonyl (C=O) groups excluding carboxylic acids is 1. The maximum absolute atomic E-state index is 11.1. The highest BCUT2D eigenvalue weighted by atomic mass is 32.2. The zero-order valence-corrected chi connectivity index (χ0v) is 10.1. The number of aromatic nitrogens is 2. The summed E-state index contributed by atoms with van der Waals surface area (Å²) >= 11 is 2.63. The molecule has 1 atom stereocenters. The third-order valence-electron chi connectivity index (χ3n) is 1.80. The first-order valence-electron chi connectivity index (χ1n) is 4.68. The van der Waals surface area contributed by atoms with Gasteiger partial charge >= 0.3 is 0 Å². The van der Waals surface area contributed by atoms with Gasteiger partial charge in [0.15, 0.2) is 4.34 Å². The van der Waals surface area contributed by atoms with Gasteiger partial charge in [-0.05, 0) is 6.42 Å². The Bertz CT molecular complexity index is 328. The van der Waals surface area contributed by atoms with Crippen LogP contribution in [0.1, 0.15) is 26.2 Å². The van der Waals surface area contributed by atoms with E-state index < -0.39 is 0 Å². The van der Waals surface area contributed by atoms with Crippen molar-refractivity contribution in [2.75, 3.05) is 5.73 Å². The third kappa shape index (κ3) is 4.05. The van der Waals surface area contributed by atoms with Gasteiger partial charge in [-0.1, -0.05) is 42.9 Å². The number of primary amides is 1. The van der Waals surface area contributed by atoms with Crippen molar-refractivity contribution < 1.29 is 4.79 Å². The van der Waals surface area contributed by atoms with Gasteiger partial charge in [-0.2, -0.15) is 0 Å². The Hall–Kier alpha value is -0.820. The minimum absolute atomic E-state index is 0.225. The Kier molecular flexibility index (Phi) is 4.83. The van der Waals surface area contributed by atoms with E-state index >= 15 is 0 Å². The molecule has 0 aliphatic carbocycles. The summed E-state index contributed by atoms with van der Waals surface area (Å²) in [5.41, 5.74) is 10.7. The zero-order valence-electron chi connectivity index (χ0n) is 8.47. The molecule has 7 heteroatoms. The first-order chi connectivity index (χ1) is 7.13. The monoisotopic (exact) mass is 246 g/mol. The van der Waals surface area contributed by atoms with Crippen LogP contribution < -0.4 is 11.5 Å². The van der Waals surface area contributed by atoms with Crippen molar-refractivity contribution in [3.8, 4) is 0 Å². The molecule has 5 nitrogen and oxygen atoms in total. The SMILES string of the molecule is CCCC[C@@H](Sc1nnc(N)s1)C(N)=O. The minimum atomic E-state index is -0.303. The number of nitrogens with zero attached hydrogens (tertiary/aromatic N) is 2. The Morgan fingerprint density at radius 3 is 2.80 bits per heavy atom. The number of thioether (sulfide) groups is 1. The van der Waals surface area contributed by atoms with Gasteiger partial charge in [-0.15, -0.1) is 10.2 Å². The topological polar surface area (TPSA) is 94.9 Å². The number of anilines is 1. The minimum Gasteiger partial charge on any atom is -0.374 e. The molecule has 0 unspecified atom stereocenters. The highest BCUT2D eigenvalue weighted by Crippen LogP contribution is 2.29. The summed E-state index contributed by atoms with van der Waals surface area (Å²) in [4.78, 5) is 11.1. The number of unbranched alkanes of at least 4 members (excludes halogenated alkanes) is 1. The molecule has 0 aromatic carbocycles. The molecule has 0 spiro atoms. The van der Waals surface area contributed by atoms with E-state index in [4.69, 9.17) is 11.5 Å². The number of nitrogen functional groups attached to an aromatic ring is 1. The molecule has 1 aromatic rings. The fraction of sp³-hybridized carbons (Fsp3) is 0.625. The van der Waals surface area contributed by atoms with Gasteiger partial charge in [-0.3, -0.25) is 4.79 Å². The Morgan fingerprint density at radius 1 is 1.60 bits per heavy atom. The average Bonchev–Trinajstić information content (AvgIpc) is 2.58. The first kappa shape index (κ1) is 12.3. The molecule has 1 aromatic heterocycles.